The van der Waals surface area contributed by atoms with Gasteiger partial charge < -0.3 is 19.1 Å². The van der Waals surface area contributed by atoms with E-state index in [9.17, 15) is 9.90 Å². The van der Waals surface area contributed by atoms with Crippen molar-refractivity contribution in [1.82, 2.24) is 0 Å². The van der Waals surface area contributed by atoms with Crippen LogP contribution in [-0.2, 0) is 15.1 Å². The molecular formula is C29H37N2O4S+. The highest BCUT2D eigenvalue weighted by molar-refractivity contribution is 7.10. The van der Waals surface area contributed by atoms with Crippen molar-refractivity contribution in [2.45, 2.75) is 63.1 Å². The number of fused-ring (bicyclic) bond motifs is 3. The topological polar surface area (TPSA) is 79.5 Å². The van der Waals surface area contributed by atoms with Gasteiger partial charge in [-0.15, -0.1) is 11.3 Å². The lowest BCUT2D eigenvalue weighted by Crippen LogP contribution is -2.65. The molecule has 1 N–H and O–H groups in total. The van der Waals surface area contributed by atoms with Crippen LogP contribution < -0.4 is 4.74 Å². The number of nitrogens with zero attached hydrogens (tertiary/aromatic N) is 2. The second kappa shape index (κ2) is 10.9. The summed E-state index contributed by atoms with van der Waals surface area (Å²) in [6.45, 7) is 4.63. The number of piperidine rings is 3. The Morgan fingerprint density at radius 3 is 2.67 bits per heavy atom. The van der Waals surface area contributed by atoms with Gasteiger partial charge in [-0.2, -0.15) is 5.26 Å². The van der Waals surface area contributed by atoms with Gasteiger partial charge in [0.15, 0.2) is 11.7 Å². The van der Waals surface area contributed by atoms with Crippen molar-refractivity contribution in [2.75, 3.05) is 32.8 Å². The molecule has 0 spiro atoms. The largest absolute Gasteiger partial charge is 0.493 e. The molecule has 2 bridgehead atoms. The molecule has 4 fully saturated rings. The molecule has 3 saturated heterocycles. The van der Waals surface area contributed by atoms with Crippen molar-refractivity contribution in [3.05, 3.63) is 52.2 Å². The van der Waals surface area contributed by atoms with Crippen LogP contribution in [0.4, 0.5) is 0 Å². The van der Waals surface area contributed by atoms with E-state index in [4.69, 9.17) is 14.7 Å². The predicted molar refractivity (Wildman–Crippen MR) is 138 cm³/mol. The number of rotatable bonds is 9. The first kappa shape index (κ1) is 25.3. The lowest BCUT2D eigenvalue weighted by Gasteiger charge is -2.52. The lowest BCUT2D eigenvalue weighted by atomic mass is 9.75. The summed E-state index contributed by atoms with van der Waals surface area (Å²) in [7, 11) is 0. The van der Waals surface area contributed by atoms with Gasteiger partial charge in [0.25, 0.3) is 0 Å². The minimum absolute atomic E-state index is 0.0710. The third-order valence-electron chi connectivity index (χ3n) is 8.71. The van der Waals surface area contributed by atoms with Crippen LogP contribution in [-0.4, -0.2) is 54.4 Å². The van der Waals surface area contributed by atoms with Gasteiger partial charge in [0.1, 0.15) is 12.3 Å². The molecule has 192 valence electrons. The molecule has 1 aromatic heterocycles. The predicted octanol–water partition coefficient (Wildman–Crippen LogP) is 5.01. The Labute approximate surface area is 218 Å². The van der Waals surface area contributed by atoms with Crippen molar-refractivity contribution < 1.29 is 23.9 Å². The summed E-state index contributed by atoms with van der Waals surface area (Å²) in [6.07, 6.45) is 7.91. The molecule has 4 aliphatic rings. The number of ether oxygens (including phenoxy) is 2. The number of esters is 1. The van der Waals surface area contributed by atoms with Gasteiger partial charge >= 0.3 is 5.97 Å². The number of aliphatic hydroxyl groups is 1. The number of carbonyl (C=O) groups excluding carboxylic acids is 1. The maximum atomic E-state index is 13.7. The van der Waals surface area contributed by atoms with E-state index >= 15 is 0 Å². The molecule has 2 aromatic rings. The average Bonchev–Trinajstić information content (AvgIpc) is 3.48. The molecule has 1 saturated carbocycles. The molecule has 7 heteroatoms. The first-order valence-electron chi connectivity index (χ1n) is 13.5. The van der Waals surface area contributed by atoms with Crippen LogP contribution in [0, 0.1) is 23.2 Å². The van der Waals surface area contributed by atoms with E-state index in [0.717, 1.165) is 86.2 Å². The van der Waals surface area contributed by atoms with Crippen molar-refractivity contribution in [1.29, 1.82) is 5.26 Å². The highest BCUT2D eigenvalue weighted by Gasteiger charge is 2.52. The summed E-state index contributed by atoms with van der Waals surface area (Å²) in [4.78, 5) is 14.4. The van der Waals surface area contributed by atoms with Gasteiger partial charge in [-0.25, -0.2) is 4.79 Å². The Hall–Kier alpha value is -2.40. The maximum absolute atomic E-state index is 13.7. The summed E-state index contributed by atoms with van der Waals surface area (Å²) in [5.41, 5.74) is -0.926. The van der Waals surface area contributed by atoms with E-state index in [1.54, 1.807) is 12.1 Å². The molecule has 4 heterocycles. The summed E-state index contributed by atoms with van der Waals surface area (Å²) in [6, 6.07) is 13.2. The fraction of sp³-hybridized carbons (Fsp3) is 0.586. The Morgan fingerprint density at radius 2 is 1.94 bits per heavy atom. The third-order valence-corrected chi connectivity index (χ3v) is 9.71. The lowest BCUT2D eigenvalue weighted by molar-refractivity contribution is -0.946. The first-order valence-corrected chi connectivity index (χ1v) is 14.4. The van der Waals surface area contributed by atoms with Crippen molar-refractivity contribution in [3.8, 4) is 11.8 Å². The molecule has 0 radical (unpaired) electrons. The standard InChI is InChI=1S/C29H37N2O4S/c30-20-22-7-4-10-25(19-22)34-17-6-14-31-15-12-23(13-16-31)26(21-31)35-28(32)29(33,27-11-5-18-36-27)24-8-2-1-3-9-24/h4-5,7,10-11,18-19,23-24,26,33H,1-3,6,8-9,12-17,21H2/q+1/t23?,26-,29+,31?/m0/s1. The average molecular weight is 510 g/mol. The van der Waals surface area contributed by atoms with E-state index < -0.39 is 11.6 Å². The molecule has 6 rings (SSSR count). The maximum Gasteiger partial charge on any atom is 0.344 e. The number of carbonyl (C=O) groups is 1. The molecule has 3 aliphatic heterocycles. The highest BCUT2D eigenvalue weighted by atomic mass is 32.1. The molecule has 1 aromatic carbocycles. The highest BCUT2D eigenvalue weighted by Crippen LogP contribution is 2.44. The fourth-order valence-electron chi connectivity index (χ4n) is 6.63. The van der Waals surface area contributed by atoms with Crippen LogP contribution >= 0.6 is 11.3 Å². The second-order valence-corrected chi connectivity index (χ2v) is 11.8. The van der Waals surface area contributed by atoms with Crippen LogP contribution in [0.1, 0.15) is 61.8 Å². The van der Waals surface area contributed by atoms with Crippen LogP contribution in [0.25, 0.3) is 0 Å². The summed E-state index contributed by atoms with van der Waals surface area (Å²) < 4.78 is 13.1. The Kier molecular flexibility index (Phi) is 7.66. The molecule has 0 amide bonds. The van der Waals surface area contributed by atoms with E-state index in [2.05, 4.69) is 6.07 Å². The second-order valence-electron chi connectivity index (χ2n) is 10.9. The number of benzene rings is 1. The van der Waals surface area contributed by atoms with Crippen LogP contribution in [0.2, 0.25) is 0 Å². The zero-order valence-corrected chi connectivity index (χ0v) is 21.8. The molecule has 6 nitrogen and oxygen atoms in total. The fourth-order valence-corrected chi connectivity index (χ4v) is 7.52. The Bertz CT molecular complexity index is 1070. The Balaban J connectivity index is 1.21. The molecular weight excluding hydrogens is 472 g/mol. The van der Waals surface area contributed by atoms with E-state index in [1.165, 1.54) is 17.8 Å². The van der Waals surface area contributed by atoms with Gasteiger partial charge in [0.05, 0.1) is 37.9 Å². The van der Waals surface area contributed by atoms with Crippen molar-refractivity contribution in [3.63, 3.8) is 0 Å². The number of nitriles is 1. The van der Waals surface area contributed by atoms with E-state index in [-0.39, 0.29) is 12.0 Å². The van der Waals surface area contributed by atoms with Gasteiger partial charge in [-0.3, -0.25) is 0 Å². The number of quaternary nitrogens is 1. The van der Waals surface area contributed by atoms with Gasteiger partial charge in [0.2, 0.25) is 0 Å². The first-order chi connectivity index (χ1) is 17.5. The molecule has 0 unspecified atom stereocenters. The zero-order chi connectivity index (χ0) is 25.0. The molecule has 1 aliphatic carbocycles. The Morgan fingerprint density at radius 1 is 1.14 bits per heavy atom. The number of hydrogen-bond donors (Lipinski definition) is 1. The minimum atomic E-state index is -1.53. The monoisotopic (exact) mass is 509 g/mol. The number of thiophene rings is 1. The van der Waals surface area contributed by atoms with E-state index in [0.29, 0.717) is 18.1 Å². The number of hydrogen-bond acceptors (Lipinski definition) is 6. The van der Waals surface area contributed by atoms with Crippen LogP contribution in [0.3, 0.4) is 0 Å². The molecule has 2 atom stereocenters. The summed E-state index contributed by atoms with van der Waals surface area (Å²) in [5.74, 6) is 0.611. The van der Waals surface area contributed by atoms with E-state index in [1.807, 2.05) is 29.6 Å². The smallest absolute Gasteiger partial charge is 0.344 e. The van der Waals surface area contributed by atoms with Gasteiger partial charge in [0, 0.05) is 36.0 Å². The van der Waals surface area contributed by atoms with Crippen LogP contribution in [0.5, 0.6) is 5.75 Å². The van der Waals surface area contributed by atoms with Crippen molar-refractivity contribution in [2.24, 2.45) is 11.8 Å². The zero-order valence-electron chi connectivity index (χ0n) is 20.9. The SMILES string of the molecule is N#Cc1cccc(OCCC[N+]23CCC(CC2)[C@@H](OC(=O)[C@](O)(c2cccs2)C2CCCCC2)C3)c1. The van der Waals surface area contributed by atoms with Crippen LogP contribution in [0.15, 0.2) is 41.8 Å². The summed E-state index contributed by atoms with van der Waals surface area (Å²) >= 11 is 1.46. The van der Waals surface area contributed by atoms with Gasteiger partial charge in [-0.1, -0.05) is 31.4 Å². The quantitative estimate of drug-likeness (QED) is 0.292. The molecule has 36 heavy (non-hydrogen) atoms. The third kappa shape index (κ3) is 5.18. The normalized spacial score (nSPS) is 27.7. The van der Waals surface area contributed by atoms with Gasteiger partial charge in [-0.05, 0) is 42.5 Å². The summed E-state index contributed by atoms with van der Waals surface area (Å²) in [5, 5.41) is 22.9. The van der Waals surface area contributed by atoms with Crippen molar-refractivity contribution >= 4 is 17.3 Å². The minimum Gasteiger partial charge on any atom is -0.493 e.